The van der Waals surface area contributed by atoms with E-state index in [-0.39, 0.29) is 74.1 Å². The van der Waals surface area contributed by atoms with Crippen LogP contribution in [0.25, 0.3) is 11.5 Å². The Labute approximate surface area is 420 Å². The van der Waals surface area contributed by atoms with Crippen LogP contribution in [0.2, 0.25) is 0 Å². The number of nitrogens with one attached hydrogen (secondary N) is 4. The fraction of sp³-hybridized carbons (Fsp3) is 0.440. The Morgan fingerprint density at radius 2 is 0.919 bits per heavy atom. The molecule has 4 amide bonds. The molecule has 0 heterocycles. The predicted molar refractivity (Wildman–Crippen MR) is 253 cm³/mol. The van der Waals surface area contributed by atoms with Crippen LogP contribution in [0, 0.1) is 23.7 Å². The number of phenolic OH excluding ortho intramolecular Hbond substituents is 2. The zero-order chi connectivity index (χ0) is 54.3. The van der Waals surface area contributed by atoms with E-state index in [1.54, 1.807) is 0 Å². The van der Waals surface area contributed by atoms with E-state index < -0.39 is 175 Å². The van der Waals surface area contributed by atoms with Crippen molar-refractivity contribution in [1.82, 2.24) is 21.3 Å². The number of aliphatic hydroxyl groups is 8. The molecule has 0 spiro atoms. The zero-order valence-electron chi connectivity index (χ0n) is 39.9. The molecular weight excluding hydrogens is 973 g/mol. The van der Waals surface area contributed by atoms with Gasteiger partial charge in [0.15, 0.2) is 22.8 Å². The van der Waals surface area contributed by atoms with Crippen LogP contribution in [0.4, 0.5) is 0 Å². The Hall–Kier alpha value is -7.48. The minimum atomic E-state index is -2.99. The molecule has 0 aromatic heterocycles. The number of benzene rings is 2. The molecule has 0 radical (unpaired) electrons. The van der Waals surface area contributed by atoms with Crippen LogP contribution in [0.15, 0.2) is 70.2 Å². The SMILES string of the molecule is C[C@@]1(O)c2cccc(O)c2C(O)=C2C(=O)[C@]3(O)C(O)=C(C(N)=O)C(=O)[C@@H](NCCNC(=O)CCCCC(=O)NCCN[C@@H]4C(=O)C(C(N)=O)=C(O)[C@@]5(O)C(=O)C6=C(O)c7c(O)cccc7[C@@](C)(O)[C@H]6C[C@@H]45)[C@@H]3C[C@@H]21. The van der Waals surface area contributed by atoms with Gasteiger partial charge in [0, 0.05) is 73.8 Å². The predicted octanol–water partition coefficient (Wildman–Crippen LogP) is -1.88. The molecule has 2 aromatic rings. The topological polar surface area (TPSA) is 439 Å². The maximum Gasteiger partial charge on any atom is 0.255 e. The van der Waals surface area contributed by atoms with Crippen LogP contribution in [0.3, 0.4) is 0 Å². The van der Waals surface area contributed by atoms with Gasteiger partial charge in [0.1, 0.15) is 45.7 Å². The highest BCUT2D eigenvalue weighted by molar-refractivity contribution is 6.25. The average Bonchev–Trinajstić information content (AvgIpc) is 3.32. The molecule has 24 heteroatoms. The van der Waals surface area contributed by atoms with Gasteiger partial charge in [-0.15, -0.1) is 0 Å². The maximum absolute atomic E-state index is 14.2. The summed E-state index contributed by atoms with van der Waals surface area (Å²) in [6.45, 7) is 1.99. The third-order valence-electron chi connectivity index (χ3n) is 15.7. The van der Waals surface area contributed by atoms with E-state index >= 15 is 0 Å². The Morgan fingerprint density at radius 3 is 1.26 bits per heavy atom. The van der Waals surface area contributed by atoms with Crippen LogP contribution in [-0.2, 0) is 49.6 Å². The molecule has 394 valence electrons. The minimum Gasteiger partial charge on any atom is -0.508 e. The number of unbranched alkanes of at least 4 members (excludes halogenated alkanes) is 1. The normalized spacial score (nSPS) is 31.2. The van der Waals surface area contributed by atoms with Crippen molar-refractivity contribution >= 4 is 58.3 Å². The lowest BCUT2D eigenvalue weighted by Gasteiger charge is -2.52. The summed E-state index contributed by atoms with van der Waals surface area (Å²) in [6.07, 6.45) is -0.500. The van der Waals surface area contributed by atoms with Crippen LogP contribution in [0.5, 0.6) is 11.5 Å². The molecule has 10 atom stereocenters. The van der Waals surface area contributed by atoms with E-state index in [1.807, 2.05) is 0 Å². The molecule has 2 aromatic carbocycles. The third-order valence-corrected chi connectivity index (χ3v) is 15.7. The lowest BCUT2D eigenvalue weighted by molar-refractivity contribution is -0.156. The van der Waals surface area contributed by atoms with Crippen molar-refractivity contribution in [2.24, 2.45) is 35.1 Å². The van der Waals surface area contributed by atoms with Crippen molar-refractivity contribution < 1.29 is 89.4 Å². The molecule has 74 heavy (non-hydrogen) atoms. The molecule has 0 unspecified atom stereocenters. The minimum absolute atomic E-state index is 0.0495. The molecule has 8 rings (SSSR count). The second kappa shape index (κ2) is 18.8. The van der Waals surface area contributed by atoms with Gasteiger partial charge >= 0.3 is 0 Å². The van der Waals surface area contributed by atoms with E-state index in [0.29, 0.717) is 0 Å². The second-order valence-corrected chi connectivity index (χ2v) is 19.9. The first-order chi connectivity index (χ1) is 34.7. The smallest absolute Gasteiger partial charge is 0.255 e. The van der Waals surface area contributed by atoms with Gasteiger partial charge in [0.25, 0.3) is 11.8 Å². The van der Waals surface area contributed by atoms with Gasteiger partial charge in [-0.25, -0.2) is 0 Å². The van der Waals surface area contributed by atoms with Gasteiger partial charge in [-0.2, -0.15) is 0 Å². The van der Waals surface area contributed by atoms with Crippen LogP contribution < -0.4 is 32.7 Å². The summed E-state index contributed by atoms with van der Waals surface area (Å²) >= 11 is 0. The molecule has 6 aliphatic carbocycles. The van der Waals surface area contributed by atoms with Gasteiger partial charge < -0.3 is 83.8 Å². The zero-order valence-corrected chi connectivity index (χ0v) is 39.9. The summed E-state index contributed by atoms with van der Waals surface area (Å²) in [5.41, 5.74) is -2.75. The van der Waals surface area contributed by atoms with Crippen molar-refractivity contribution in [2.45, 2.75) is 86.9 Å². The molecule has 0 bridgehead atoms. The highest BCUT2D eigenvalue weighted by Crippen LogP contribution is 2.59. The number of hydrogen-bond acceptors (Lipinski definition) is 20. The van der Waals surface area contributed by atoms with Gasteiger partial charge in [0.2, 0.25) is 23.4 Å². The molecule has 2 fully saturated rings. The first-order valence-corrected chi connectivity index (χ1v) is 23.7. The van der Waals surface area contributed by atoms with Crippen molar-refractivity contribution in [2.75, 3.05) is 26.2 Å². The molecular formula is C50H56N6O18. The number of aromatic hydroxyl groups is 2. The lowest BCUT2D eigenvalue weighted by Crippen LogP contribution is -2.67. The first-order valence-electron chi connectivity index (χ1n) is 23.7. The Morgan fingerprint density at radius 1 is 0.568 bits per heavy atom. The highest BCUT2D eigenvalue weighted by Gasteiger charge is 2.68. The number of primary amides is 2. The number of Topliss-reactive ketones (excluding diaryl/α,β-unsaturated/α-hetero) is 4. The maximum atomic E-state index is 14.2. The molecule has 0 aliphatic heterocycles. The van der Waals surface area contributed by atoms with Gasteiger partial charge in [0.05, 0.1) is 34.4 Å². The summed E-state index contributed by atoms with van der Waals surface area (Å²) < 4.78 is 0. The second-order valence-electron chi connectivity index (χ2n) is 19.9. The number of phenols is 2. The number of amides is 4. The van der Waals surface area contributed by atoms with Gasteiger partial charge in [-0.3, -0.25) is 38.4 Å². The quantitative estimate of drug-likeness (QED) is 0.0686. The Balaban J connectivity index is 0.833. The van der Waals surface area contributed by atoms with Crippen molar-refractivity contribution in [3.8, 4) is 11.5 Å². The largest absolute Gasteiger partial charge is 0.508 e. The molecule has 18 N–H and O–H groups in total. The lowest BCUT2D eigenvalue weighted by atomic mass is 9.54. The summed E-state index contributed by atoms with van der Waals surface area (Å²) in [7, 11) is 0. The molecule has 0 saturated heterocycles. The molecule has 6 aliphatic rings. The van der Waals surface area contributed by atoms with Crippen molar-refractivity contribution in [3.05, 3.63) is 92.5 Å². The number of carbonyl (C=O) groups excluding carboxylic acids is 8. The Kier molecular flexibility index (Phi) is 13.4. The number of rotatable bonds is 15. The number of carbonyl (C=O) groups is 8. The van der Waals surface area contributed by atoms with E-state index in [2.05, 4.69) is 21.3 Å². The number of ketones is 4. The van der Waals surface area contributed by atoms with Crippen LogP contribution in [0.1, 0.15) is 74.6 Å². The Bertz CT molecular complexity index is 2790. The average molecular weight is 1030 g/mol. The van der Waals surface area contributed by atoms with Crippen LogP contribution in [-0.4, -0.2) is 147 Å². The third kappa shape index (κ3) is 7.90. The fourth-order valence-corrected chi connectivity index (χ4v) is 11.9. The number of hydrogen-bond donors (Lipinski definition) is 16. The number of aliphatic hydroxyl groups excluding tert-OH is 4. The highest BCUT2D eigenvalue weighted by atomic mass is 16.4. The first kappa shape index (κ1) is 52.8. The van der Waals surface area contributed by atoms with E-state index in [9.17, 15) is 89.4 Å². The van der Waals surface area contributed by atoms with E-state index in [0.717, 1.165) is 0 Å². The van der Waals surface area contributed by atoms with Crippen molar-refractivity contribution in [3.63, 3.8) is 0 Å². The van der Waals surface area contributed by atoms with Crippen molar-refractivity contribution in [1.29, 1.82) is 0 Å². The molecule has 2 saturated carbocycles. The summed E-state index contributed by atoms with van der Waals surface area (Å²) in [5.74, 6) is -19.5. The van der Waals surface area contributed by atoms with Crippen LogP contribution >= 0.6 is 0 Å². The number of nitrogens with two attached hydrogens (primary N) is 2. The number of fused-ring (bicyclic) bond motifs is 6. The van der Waals surface area contributed by atoms with Gasteiger partial charge in [-0.1, -0.05) is 24.3 Å². The summed E-state index contributed by atoms with van der Waals surface area (Å²) in [5, 5.41) is 124. The standard InChI is InChI=1S/C50H56N6O18/c1-47(71)19-7-5-9-25(57)29(19)37(61)31-21(47)17-23-35(39(63)33(45(51)69)43(67)49(23,73)41(31)65)55-15-13-53-27(59)11-3-4-12-28(60)54-14-16-56-36-24-18-22-32(38(62)30-20(48(22,2)72)8-6-10-26(30)58)42(66)50(24,74)44(68)34(40(36)64)46(52)70/h5-10,21-24,35-36,55-58,61-62,67-68,71-74H,3-4,11-18H2,1-2H3,(H2,51,69)(H2,52,70)(H,53,59)(H,54,60)/t21-,22-,23-,24-,35-,36-,47+,48+,49-,50-/m0/s1. The van der Waals surface area contributed by atoms with Gasteiger partial charge in [-0.05, 0) is 62.8 Å². The van der Waals surface area contributed by atoms with E-state index in [4.69, 9.17) is 11.5 Å². The monoisotopic (exact) mass is 1030 g/mol. The fourth-order valence-electron chi connectivity index (χ4n) is 11.9. The van der Waals surface area contributed by atoms with E-state index in [1.165, 1.54) is 50.2 Å². The summed E-state index contributed by atoms with van der Waals surface area (Å²) in [4.78, 5) is 106. The summed E-state index contributed by atoms with van der Waals surface area (Å²) in [6, 6.07) is 4.90. The molecule has 24 nitrogen and oxygen atoms in total.